The Bertz CT molecular complexity index is 770. The second kappa shape index (κ2) is 3.86. The molecule has 0 amide bonds. The van der Waals surface area contributed by atoms with Crippen molar-refractivity contribution in [3.05, 3.63) is 48.2 Å². The molecule has 0 fully saturated rings. The van der Waals surface area contributed by atoms with Crippen LogP contribution in [-0.4, -0.2) is 19.7 Å². The lowest BCUT2D eigenvalue weighted by molar-refractivity contribution is 0.475. The van der Waals surface area contributed by atoms with Gasteiger partial charge in [-0.05, 0) is 24.3 Å². The molecule has 3 aromatic rings. The van der Waals surface area contributed by atoms with Crippen LogP contribution < -0.4 is 0 Å². The van der Waals surface area contributed by atoms with Gasteiger partial charge in [0.25, 0.3) is 0 Å². The van der Waals surface area contributed by atoms with E-state index in [4.69, 9.17) is 5.26 Å². The Morgan fingerprint density at radius 1 is 1.17 bits per heavy atom. The molecule has 0 aliphatic heterocycles. The van der Waals surface area contributed by atoms with Gasteiger partial charge in [0.15, 0.2) is 11.5 Å². The zero-order chi connectivity index (χ0) is 12.5. The maximum Gasteiger partial charge on any atom is 0.168 e. The summed E-state index contributed by atoms with van der Waals surface area (Å²) in [6.45, 7) is 0. The smallest absolute Gasteiger partial charge is 0.168 e. The Balaban J connectivity index is 2.27. The third-order valence-corrected chi connectivity index (χ3v) is 2.64. The Kier molecular flexibility index (Phi) is 2.21. The molecule has 5 heteroatoms. The van der Waals surface area contributed by atoms with Crippen LogP contribution in [0.3, 0.4) is 0 Å². The Morgan fingerprint density at radius 3 is 2.83 bits per heavy atom. The van der Waals surface area contributed by atoms with Crippen LogP contribution in [-0.2, 0) is 0 Å². The van der Waals surface area contributed by atoms with E-state index in [0.29, 0.717) is 17.0 Å². The summed E-state index contributed by atoms with van der Waals surface area (Å²) in [6.07, 6.45) is 1.68. The van der Waals surface area contributed by atoms with Gasteiger partial charge >= 0.3 is 0 Å². The van der Waals surface area contributed by atoms with Gasteiger partial charge in [-0.2, -0.15) is 5.26 Å². The summed E-state index contributed by atoms with van der Waals surface area (Å²) in [5, 5.41) is 26.5. The molecule has 1 N–H and O–H groups in total. The molecule has 5 nitrogen and oxygen atoms in total. The first-order valence-electron chi connectivity index (χ1n) is 5.32. The molecule has 0 bridgehead atoms. The Hall–Kier alpha value is -2.87. The molecule has 0 unspecified atom stereocenters. The molecule has 0 spiro atoms. The number of fused-ring (bicyclic) bond motifs is 1. The molecule has 2 aromatic heterocycles. The molecular formula is C13H8N4O. The summed E-state index contributed by atoms with van der Waals surface area (Å²) >= 11 is 0. The normalized spacial score (nSPS) is 10.4. The third kappa shape index (κ3) is 1.57. The molecule has 0 aliphatic rings. The highest BCUT2D eigenvalue weighted by atomic mass is 16.3. The summed E-state index contributed by atoms with van der Waals surface area (Å²) < 4.78 is 1.73. The monoisotopic (exact) mass is 236 g/mol. The number of nitriles is 1. The molecular weight excluding hydrogens is 228 g/mol. The van der Waals surface area contributed by atoms with Crippen molar-refractivity contribution in [1.82, 2.24) is 14.6 Å². The van der Waals surface area contributed by atoms with Crippen molar-refractivity contribution in [2.45, 2.75) is 0 Å². The third-order valence-electron chi connectivity index (χ3n) is 2.64. The van der Waals surface area contributed by atoms with Crippen molar-refractivity contribution in [1.29, 1.82) is 5.26 Å². The van der Waals surface area contributed by atoms with Gasteiger partial charge in [-0.1, -0.05) is 12.1 Å². The second-order valence-electron chi connectivity index (χ2n) is 3.83. The lowest BCUT2D eigenvalue weighted by Crippen LogP contribution is -1.90. The van der Waals surface area contributed by atoms with Crippen LogP contribution in [0.15, 0.2) is 42.6 Å². The van der Waals surface area contributed by atoms with E-state index in [9.17, 15) is 5.11 Å². The fourth-order valence-electron chi connectivity index (χ4n) is 1.80. The van der Waals surface area contributed by atoms with Gasteiger partial charge in [-0.15, -0.1) is 10.2 Å². The van der Waals surface area contributed by atoms with E-state index in [1.165, 1.54) is 0 Å². The highest BCUT2D eigenvalue weighted by Crippen LogP contribution is 2.22. The van der Waals surface area contributed by atoms with E-state index in [2.05, 4.69) is 16.3 Å². The highest BCUT2D eigenvalue weighted by Gasteiger charge is 2.08. The molecule has 0 saturated carbocycles. The zero-order valence-corrected chi connectivity index (χ0v) is 9.28. The molecule has 1 aromatic carbocycles. The summed E-state index contributed by atoms with van der Waals surface area (Å²) in [6, 6.07) is 12.3. The van der Waals surface area contributed by atoms with Crippen molar-refractivity contribution < 1.29 is 5.11 Å². The standard InChI is InChI=1S/C13H8N4O/c14-7-9-4-5-12-15-16-13(17(12)8-9)10-2-1-3-11(18)6-10/h1-6,8,18H. The quantitative estimate of drug-likeness (QED) is 0.701. The van der Waals surface area contributed by atoms with E-state index in [1.807, 2.05) is 6.07 Å². The van der Waals surface area contributed by atoms with Gasteiger partial charge in [-0.3, -0.25) is 4.40 Å². The number of pyridine rings is 1. The lowest BCUT2D eigenvalue weighted by Gasteiger charge is -2.00. The molecule has 0 radical (unpaired) electrons. The van der Waals surface area contributed by atoms with E-state index < -0.39 is 0 Å². The second-order valence-corrected chi connectivity index (χ2v) is 3.83. The van der Waals surface area contributed by atoms with Crippen LogP contribution in [0.5, 0.6) is 5.75 Å². The number of hydrogen-bond acceptors (Lipinski definition) is 4. The van der Waals surface area contributed by atoms with Gasteiger partial charge in [0.05, 0.1) is 5.56 Å². The van der Waals surface area contributed by atoms with E-state index in [-0.39, 0.29) is 5.75 Å². The van der Waals surface area contributed by atoms with Crippen LogP contribution in [0.2, 0.25) is 0 Å². The number of aromatic hydroxyl groups is 1. The topological polar surface area (TPSA) is 74.2 Å². The molecule has 18 heavy (non-hydrogen) atoms. The maximum atomic E-state index is 9.47. The number of aromatic nitrogens is 3. The van der Waals surface area contributed by atoms with Gasteiger partial charge in [0, 0.05) is 11.8 Å². The molecule has 0 aliphatic carbocycles. The van der Waals surface area contributed by atoms with Crippen LogP contribution in [0.4, 0.5) is 0 Å². The fourth-order valence-corrected chi connectivity index (χ4v) is 1.80. The SMILES string of the molecule is N#Cc1ccc2nnc(-c3cccc(O)c3)n2c1. The molecule has 0 atom stereocenters. The van der Waals surface area contributed by atoms with Crippen LogP contribution >= 0.6 is 0 Å². The highest BCUT2D eigenvalue weighted by molar-refractivity contribution is 5.61. The van der Waals surface area contributed by atoms with Crippen LogP contribution in [0.1, 0.15) is 5.56 Å². The van der Waals surface area contributed by atoms with E-state index in [1.54, 1.807) is 40.9 Å². The number of phenolic OH excluding ortho intramolecular Hbond substituents is 1. The van der Waals surface area contributed by atoms with Crippen molar-refractivity contribution >= 4 is 5.65 Å². The van der Waals surface area contributed by atoms with Gasteiger partial charge < -0.3 is 5.11 Å². The molecule has 3 rings (SSSR count). The largest absolute Gasteiger partial charge is 0.508 e. The molecule has 2 heterocycles. The van der Waals surface area contributed by atoms with E-state index >= 15 is 0 Å². The number of benzene rings is 1. The molecule has 0 saturated heterocycles. The van der Waals surface area contributed by atoms with Crippen LogP contribution in [0, 0.1) is 11.3 Å². The predicted molar refractivity (Wildman–Crippen MR) is 64.8 cm³/mol. The number of phenols is 1. The molecule has 86 valence electrons. The maximum absolute atomic E-state index is 9.47. The summed E-state index contributed by atoms with van der Waals surface area (Å²) in [5.74, 6) is 0.763. The van der Waals surface area contributed by atoms with Crippen molar-refractivity contribution in [3.63, 3.8) is 0 Å². The lowest BCUT2D eigenvalue weighted by atomic mass is 10.2. The first kappa shape index (κ1) is 10.3. The van der Waals surface area contributed by atoms with Gasteiger partial charge in [-0.25, -0.2) is 0 Å². The number of hydrogen-bond donors (Lipinski definition) is 1. The Morgan fingerprint density at radius 2 is 2.06 bits per heavy atom. The minimum atomic E-state index is 0.167. The zero-order valence-electron chi connectivity index (χ0n) is 9.28. The minimum Gasteiger partial charge on any atom is -0.508 e. The van der Waals surface area contributed by atoms with Crippen molar-refractivity contribution in [3.8, 4) is 23.2 Å². The van der Waals surface area contributed by atoms with Gasteiger partial charge in [0.1, 0.15) is 11.8 Å². The predicted octanol–water partition coefficient (Wildman–Crippen LogP) is 1.97. The van der Waals surface area contributed by atoms with E-state index in [0.717, 1.165) is 5.56 Å². The minimum absolute atomic E-state index is 0.167. The average Bonchev–Trinajstić information content (AvgIpc) is 2.81. The fraction of sp³-hybridized carbons (Fsp3) is 0. The first-order chi connectivity index (χ1) is 8.78. The van der Waals surface area contributed by atoms with Crippen molar-refractivity contribution in [2.24, 2.45) is 0 Å². The number of rotatable bonds is 1. The summed E-state index contributed by atoms with van der Waals surface area (Å²) in [4.78, 5) is 0. The number of nitrogens with zero attached hydrogens (tertiary/aromatic N) is 4. The van der Waals surface area contributed by atoms with Crippen LogP contribution in [0.25, 0.3) is 17.0 Å². The first-order valence-corrected chi connectivity index (χ1v) is 5.32. The summed E-state index contributed by atoms with van der Waals surface area (Å²) in [5.41, 5.74) is 1.94. The van der Waals surface area contributed by atoms with Crippen molar-refractivity contribution in [2.75, 3.05) is 0 Å². The summed E-state index contributed by atoms with van der Waals surface area (Å²) in [7, 11) is 0. The average molecular weight is 236 g/mol. The van der Waals surface area contributed by atoms with Gasteiger partial charge in [0.2, 0.25) is 0 Å². The Labute approximate surface area is 103 Å².